The molecule has 2 aliphatic heterocycles. The number of hydrogen-bond donors (Lipinski definition) is 0. The van der Waals surface area contributed by atoms with Gasteiger partial charge in [-0.1, -0.05) is 39.5 Å². The van der Waals surface area contributed by atoms with Crippen LogP contribution in [-0.2, 0) is 0 Å². The third-order valence-electron chi connectivity index (χ3n) is 4.87. The van der Waals surface area contributed by atoms with E-state index in [0.29, 0.717) is 12.8 Å². The lowest BCUT2D eigenvalue weighted by molar-refractivity contribution is 0.0379. The first-order chi connectivity index (χ1) is 11.3. The Morgan fingerprint density at radius 2 is 0.958 bits per heavy atom. The standard InChI is InChI=1S/C14H22Br4N4O2/c1-3-5-7-9-13-14(10-8-6-4-2,21(17)11(23)19(13)15)22(18)12(24)20(13)16/h3-10H2,1-2H3. The molecule has 0 unspecified atom stereocenters. The molecule has 2 rings (SSSR count). The number of nitrogens with zero attached hydrogens (tertiary/aromatic N) is 4. The van der Waals surface area contributed by atoms with Crippen molar-refractivity contribution in [1.82, 2.24) is 15.7 Å². The number of urea groups is 2. The fourth-order valence-corrected chi connectivity index (χ4v) is 7.57. The van der Waals surface area contributed by atoms with Gasteiger partial charge in [-0.2, -0.15) is 0 Å². The molecule has 10 heteroatoms. The van der Waals surface area contributed by atoms with Crippen LogP contribution in [0.1, 0.15) is 65.2 Å². The normalized spacial score (nSPS) is 29.9. The van der Waals surface area contributed by atoms with Crippen LogP contribution in [0.25, 0.3) is 0 Å². The number of rotatable bonds is 8. The molecule has 0 spiro atoms. The Morgan fingerprint density at radius 3 is 1.21 bits per heavy atom. The quantitative estimate of drug-likeness (QED) is 0.245. The van der Waals surface area contributed by atoms with Crippen LogP contribution in [0.4, 0.5) is 9.59 Å². The maximum atomic E-state index is 12.7. The van der Waals surface area contributed by atoms with Crippen LogP contribution in [0, 0.1) is 0 Å². The fourth-order valence-electron chi connectivity index (χ4n) is 3.61. The van der Waals surface area contributed by atoms with Gasteiger partial charge in [0.25, 0.3) is 0 Å². The molecule has 0 bridgehead atoms. The number of amides is 4. The molecule has 0 radical (unpaired) electrons. The molecule has 0 aromatic heterocycles. The van der Waals surface area contributed by atoms with Gasteiger partial charge in [-0.15, -0.1) is 0 Å². The zero-order chi connectivity index (χ0) is 18.1. The fraction of sp³-hybridized carbons (Fsp3) is 0.857. The summed E-state index contributed by atoms with van der Waals surface area (Å²) in [6, 6.07) is -0.436. The Labute approximate surface area is 177 Å². The van der Waals surface area contributed by atoms with E-state index in [-0.39, 0.29) is 12.1 Å². The monoisotopic (exact) mass is 594 g/mol. The maximum absolute atomic E-state index is 12.7. The summed E-state index contributed by atoms with van der Waals surface area (Å²) in [5.74, 6) is 0. The Hall–Kier alpha value is 0.460. The zero-order valence-corrected chi connectivity index (χ0v) is 20.1. The number of unbranched alkanes of at least 4 members (excludes halogenated alkanes) is 4. The lowest BCUT2D eigenvalue weighted by Crippen LogP contribution is -2.62. The first-order valence-electron chi connectivity index (χ1n) is 8.24. The van der Waals surface area contributed by atoms with Crippen LogP contribution in [-0.4, -0.2) is 39.1 Å². The number of hydrogen-bond acceptors (Lipinski definition) is 2. The van der Waals surface area contributed by atoms with Crippen molar-refractivity contribution < 1.29 is 9.59 Å². The molecule has 2 fully saturated rings. The third-order valence-corrected chi connectivity index (χ3v) is 8.43. The first-order valence-corrected chi connectivity index (χ1v) is 11.1. The van der Waals surface area contributed by atoms with E-state index >= 15 is 0 Å². The van der Waals surface area contributed by atoms with Crippen LogP contribution >= 0.6 is 64.6 Å². The highest BCUT2D eigenvalue weighted by Crippen LogP contribution is 2.60. The summed E-state index contributed by atoms with van der Waals surface area (Å²) >= 11 is 13.8. The minimum Gasteiger partial charge on any atom is -0.246 e. The Balaban J connectivity index is 2.51. The summed E-state index contributed by atoms with van der Waals surface area (Å²) in [5, 5.41) is 0. The van der Waals surface area contributed by atoms with Crippen LogP contribution < -0.4 is 0 Å². The van der Waals surface area contributed by atoms with Crippen molar-refractivity contribution in [2.75, 3.05) is 0 Å². The molecule has 2 aliphatic rings. The van der Waals surface area contributed by atoms with Gasteiger partial charge >= 0.3 is 12.1 Å². The Morgan fingerprint density at radius 1 is 0.667 bits per heavy atom. The third kappa shape index (κ3) is 2.74. The highest BCUT2D eigenvalue weighted by Gasteiger charge is 2.77. The van der Waals surface area contributed by atoms with E-state index in [4.69, 9.17) is 0 Å². The van der Waals surface area contributed by atoms with Gasteiger partial charge in [0.15, 0.2) is 11.3 Å². The van der Waals surface area contributed by atoms with E-state index in [1.807, 2.05) is 0 Å². The second-order valence-electron chi connectivity index (χ2n) is 6.24. The summed E-state index contributed by atoms with van der Waals surface area (Å²) in [6.07, 6.45) is 7.40. The van der Waals surface area contributed by atoms with Crippen molar-refractivity contribution in [2.45, 2.75) is 76.5 Å². The van der Waals surface area contributed by atoms with Crippen LogP contribution in [0.2, 0.25) is 0 Å². The number of carbonyl (C=O) groups is 2. The molecule has 2 heterocycles. The van der Waals surface area contributed by atoms with Gasteiger partial charge in [0.1, 0.15) is 0 Å². The van der Waals surface area contributed by atoms with E-state index in [0.717, 1.165) is 38.5 Å². The van der Waals surface area contributed by atoms with Gasteiger partial charge in [-0.05, 0) is 25.7 Å². The largest absolute Gasteiger partial charge is 0.344 e. The van der Waals surface area contributed by atoms with Crippen LogP contribution in [0.3, 0.4) is 0 Å². The zero-order valence-electron chi connectivity index (χ0n) is 13.8. The van der Waals surface area contributed by atoms with Crippen LogP contribution in [0.15, 0.2) is 0 Å². The second-order valence-corrected chi connectivity index (χ2v) is 9.07. The van der Waals surface area contributed by atoms with E-state index in [1.54, 1.807) is 0 Å². The minimum absolute atomic E-state index is 0.218. The molecule has 0 saturated carbocycles. The average molecular weight is 598 g/mol. The second kappa shape index (κ2) is 8.00. The van der Waals surface area contributed by atoms with Crippen LogP contribution in [0.5, 0.6) is 0 Å². The van der Waals surface area contributed by atoms with Gasteiger partial charge in [0, 0.05) is 0 Å². The van der Waals surface area contributed by atoms with E-state index in [2.05, 4.69) is 78.4 Å². The summed E-state index contributed by atoms with van der Waals surface area (Å²) in [4.78, 5) is 25.5. The Bertz CT molecular complexity index is 439. The summed E-state index contributed by atoms with van der Waals surface area (Å²) in [5.41, 5.74) is -1.67. The van der Waals surface area contributed by atoms with E-state index in [9.17, 15) is 9.59 Å². The number of carbonyl (C=O) groups excluding carboxylic acids is 2. The smallest absolute Gasteiger partial charge is 0.246 e. The lowest BCUT2D eigenvalue weighted by Gasteiger charge is -2.44. The molecule has 0 aliphatic carbocycles. The number of fused-ring (bicyclic) bond motifs is 1. The van der Waals surface area contributed by atoms with E-state index < -0.39 is 11.3 Å². The van der Waals surface area contributed by atoms with Gasteiger partial charge in [-0.25, -0.2) is 25.3 Å². The minimum atomic E-state index is -0.836. The van der Waals surface area contributed by atoms with Crippen molar-refractivity contribution in [1.29, 1.82) is 0 Å². The molecule has 138 valence electrons. The van der Waals surface area contributed by atoms with Gasteiger partial charge < -0.3 is 0 Å². The van der Waals surface area contributed by atoms with Crippen molar-refractivity contribution in [2.24, 2.45) is 0 Å². The molecule has 6 nitrogen and oxygen atoms in total. The molecule has 0 aromatic rings. The van der Waals surface area contributed by atoms with Gasteiger partial charge in [-0.3, -0.25) is 0 Å². The van der Waals surface area contributed by atoms with Crippen molar-refractivity contribution in [3.05, 3.63) is 0 Å². The van der Waals surface area contributed by atoms with Crippen molar-refractivity contribution in [3.8, 4) is 0 Å². The van der Waals surface area contributed by atoms with Gasteiger partial charge in [0.05, 0.1) is 64.6 Å². The highest BCUT2D eigenvalue weighted by atomic mass is 79.9. The number of halogens is 4. The maximum Gasteiger partial charge on any atom is 0.344 e. The average Bonchev–Trinajstić information content (AvgIpc) is 2.84. The molecular formula is C14H22Br4N4O2. The molecular weight excluding hydrogens is 576 g/mol. The van der Waals surface area contributed by atoms with Crippen molar-refractivity contribution >= 4 is 76.7 Å². The first kappa shape index (κ1) is 20.8. The molecule has 0 N–H and O–H groups in total. The molecule has 2 saturated heterocycles. The summed E-state index contributed by atoms with van der Waals surface area (Å²) in [6.45, 7) is 4.27. The van der Waals surface area contributed by atoms with Gasteiger partial charge in [0.2, 0.25) is 0 Å². The lowest BCUT2D eigenvalue weighted by atomic mass is 9.86. The van der Waals surface area contributed by atoms with Crippen molar-refractivity contribution in [3.63, 3.8) is 0 Å². The molecule has 24 heavy (non-hydrogen) atoms. The summed E-state index contributed by atoms with van der Waals surface area (Å²) < 4.78 is 6.02. The molecule has 0 atom stereocenters. The summed E-state index contributed by atoms with van der Waals surface area (Å²) in [7, 11) is 0. The SMILES string of the molecule is CCCCCC12N(Br)C(=O)N(Br)C1(CCCCC)N(Br)C(=O)N2Br. The predicted octanol–water partition coefficient (Wildman–Crippen LogP) is 6.25. The predicted molar refractivity (Wildman–Crippen MR) is 108 cm³/mol. The highest BCUT2D eigenvalue weighted by molar-refractivity contribution is 9.09. The topological polar surface area (TPSA) is 47.1 Å². The Kier molecular flexibility index (Phi) is 6.92. The van der Waals surface area contributed by atoms with E-state index in [1.165, 1.54) is 15.7 Å². The molecule has 0 aromatic carbocycles. The molecule has 4 amide bonds.